The van der Waals surface area contributed by atoms with Gasteiger partial charge in [0.15, 0.2) is 0 Å². The Morgan fingerprint density at radius 3 is 2.50 bits per heavy atom. The Hall–Kier alpha value is -3.08. The summed E-state index contributed by atoms with van der Waals surface area (Å²) in [6, 6.07) is 14.3. The third-order valence-corrected chi connectivity index (χ3v) is 3.24. The fourth-order valence-electron chi connectivity index (χ4n) is 2.16. The Labute approximate surface area is 125 Å². The van der Waals surface area contributed by atoms with E-state index in [4.69, 9.17) is 0 Å². The number of benzene rings is 2. The average Bonchev–Trinajstić information content (AvgIpc) is 2.53. The standard InChI is InChI=1S/C17H11FN2O2/c18-13-7-4-12(5-8-13)6-9-14-10-11-15-16(19-14)2-1-3-17(15)20(21)22/h1-11H/b9-6+. The number of nitro benzene ring substituents is 1. The Morgan fingerprint density at radius 2 is 1.77 bits per heavy atom. The number of pyridine rings is 1. The zero-order chi connectivity index (χ0) is 15.5. The van der Waals surface area contributed by atoms with Gasteiger partial charge in [-0.15, -0.1) is 0 Å². The first-order valence-corrected chi connectivity index (χ1v) is 6.61. The number of hydrogen-bond acceptors (Lipinski definition) is 3. The molecule has 0 aliphatic carbocycles. The highest BCUT2D eigenvalue weighted by atomic mass is 19.1. The summed E-state index contributed by atoms with van der Waals surface area (Å²) in [5, 5.41) is 11.5. The summed E-state index contributed by atoms with van der Waals surface area (Å²) in [7, 11) is 0. The van der Waals surface area contributed by atoms with Crippen LogP contribution in [0.1, 0.15) is 11.3 Å². The van der Waals surface area contributed by atoms with Crippen molar-refractivity contribution in [2.24, 2.45) is 0 Å². The fraction of sp³-hybridized carbons (Fsp3) is 0. The van der Waals surface area contributed by atoms with Gasteiger partial charge in [0.05, 0.1) is 21.5 Å². The van der Waals surface area contributed by atoms with Crippen molar-refractivity contribution >= 4 is 28.7 Å². The van der Waals surface area contributed by atoms with Crippen molar-refractivity contribution in [1.82, 2.24) is 4.98 Å². The molecule has 0 saturated heterocycles. The van der Waals surface area contributed by atoms with Gasteiger partial charge in [-0.05, 0) is 42.0 Å². The highest BCUT2D eigenvalue weighted by molar-refractivity contribution is 5.88. The van der Waals surface area contributed by atoms with Crippen molar-refractivity contribution in [1.29, 1.82) is 0 Å². The molecule has 0 radical (unpaired) electrons. The maximum Gasteiger partial charge on any atom is 0.278 e. The molecule has 3 rings (SSSR count). The van der Waals surface area contributed by atoms with Gasteiger partial charge >= 0.3 is 0 Å². The first-order chi connectivity index (χ1) is 10.6. The largest absolute Gasteiger partial charge is 0.278 e. The van der Waals surface area contributed by atoms with Gasteiger partial charge in [-0.3, -0.25) is 10.1 Å². The third-order valence-electron chi connectivity index (χ3n) is 3.24. The lowest BCUT2D eigenvalue weighted by Crippen LogP contribution is -1.91. The number of hydrogen-bond donors (Lipinski definition) is 0. The Bertz CT molecular complexity index is 873. The molecule has 0 amide bonds. The normalized spacial score (nSPS) is 11.1. The molecular weight excluding hydrogens is 283 g/mol. The van der Waals surface area contributed by atoms with Crippen LogP contribution in [-0.4, -0.2) is 9.91 Å². The van der Waals surface area contributed by atoms with Crippen molar-refractivity contribution in [2.75, 3.05) is 0 Å². The van der Waals surface area contributed by atoms with Crippen LogP contribution >= 0.6 is 0 Å². The molecule has 0 unspecified atom stereocenters. The number of rotatable bonds is 3. The Morgan fingerprint density at radius 1 is 1.00 bits per heavy atom. The van der Waals surface area contributed by atoms with Crippen molar-refractivity contribution in [2.45, 2.75) is 0 Å². The van der Waals surface area contributed by atoms with E-state index in [2.05, 4.69) is 4.98 Å². The molecule has 1 aromatic heterocycles. The van der Waals surface area contributed by atoms with E-state index < -0.39 is 4.92 Å². The first kappa shape index (κ1) is 13.9. The molecule has 0 fully saturated rings. The Kier molecular flexibility index (Phi) is 3.62. The molecule has 0 bridgehead atoms. The SMILES string of the molecule is O=[N+]([O-])c1cccc2nc(/C=C/c3ccc(F)cc3)ccc12. The van der Waals surface area contributed by atoms with Crippen molar-refractivity contribution < 1.29 is 9.31 Å². The smallest absolute Gasteiger partial charge is 0.258 e. The van der Waals surface area contributed by atoms with Crippen LogP contribution in [0.15, 0.2) is 54.6 Å². The lowest BCUT2D eigenvalue weighted by molar-refractivity contribution is -0.383. The summed E-state index contributed by atoms with van der Waals surface area (Å²) >= 11 is 0. The molecule has 5 heteroatoms. The number of fused-ring (bicyclic) bond motifs is 1. The maximum atomic E-state index is 12.8. The van der Waals surface area contributed by atoms with Crippen LogP contribution in [0.5, 0.6) is 0 Å². The highest BCUT2D eigenvalue weighted by Gasteiger charge is 2.11. The second-order valence-electron chi connectivity index (χ2n) is 4.72. The summed E-state index contributed by atoms with van der Waals surface area (Å²) in [5.74, 6) is -0.284. The molecule has 108 valence electrons. The van der Waals surface area contributed by atoms with Crippen molar-refractivity contribution in [3.05, 3.63) is 81.8 Å². The predicted molar refractivity (Wildman–Crippen MR) is 83.7 cm³/mol. The van der Waals surface area contributed by atoms with Crippen LogP contribution in [-0.2, 0) is 0 Å². The lowest BCUT2D eigenvalue weighted by Gasteiger charge is -2.00. The predicted octanol–water partition coefficient (Wildman–Crippen LogP) is 4.45. The van der Waals surface area contributed by atoms with E-state index in [9.17, 15) is 14.5 Å². The second kappa shape index (κ2) is 5.73. The molecule has 3 aromatic rings. The van der Waals surface area contributed by atoms with Gasteiger partial charge in [-0.2, -0.15) is 0 Å². The van der Waals surface area contributed by atoms with E-state index in [1.807, 2.05) is 6.08 Å². The number of halogens is 1. The van der Waals surface area contributed by atoms with E-state index in [0.717, 1.165) is 5.56 Å². The van der Waals surface area contributed by atoms with Crippen LogP contribution in [0.4, 0.5) is 10.1 Å². The van der Waals surface area contributed by atoms with E-state index in [-0.39, 0.29) is 11.5 Å². The minimum Gasteiger partial charge on any atom is -0.258 e. The molecule has 4 nitrogen and oxygen atoms in total. The molecule has 22 heavy (non-hydrogen) atoms. The average molecular weight is 294 g/mol. The minimum atomic E-state index is -0.419. The second-order valence-corrected chi connectivity index (χ2v) is 4.72. The third kappa shape index (κ3) is 2.83. The van der Waals surface area contributed by atoms with Crippen molar-refractivity contribution in [3.63, 3.8) is 0 Å². The molecule has 0 aliphatic heterocycles. The molecule has 0 saturated carbocycles. The summed E-state index contributed by atoms with van der Waals surface area (Å²) in [4.78, 5) is 14.9. The molecule has 0 aliphatic rings. The Balaban J connectivity index is 1.95. The highest BCUT2D eigenvalue weighted by Crippen LogP contribution is 2.24. The molecule has 1 heterocycles. The monoisotopic (exact) mass is 294 g/mol. The molecule has 0 N–H and O–H groups in total. The summed E-state index contributed by atoms with van der Waals surface area (Å²) in [5.41, 5.74) is 2.13. The molecule has 0 atom stereocenters. The van der Waals surface area contributed by atoms with E-state index in [0.29, 0.717) is 16.6 Å². The first-order valence-electron chi connectivity index (χ1n) is 6.61. The van der Waals surface area contributed by atoms with Crippen LogP contribution in [0.3, 0.4) is 0 Å². The molecule has 0 spiro atoms. The quantitative estimate of drug-likeness (QED) is 0.529. The molecular formula is C17H11FN2O2. The van der Waals surface area contributed by atoms with Crippen LogP contribution in [0.2, 0.25) is 0 Å². The van der Waals surface area contributed by atoms with Gasteiger partial charge in [-0.1, -0.05) is 24.3 Å². The number of nitrogens with zero attached hydrogens (tertiary/aromatic N) is 2. The lowest BCUT2D eigenvalue weighted by atomic mass is 10.1. The summed E-state index contributed by atoms with van der Waals surface area (Å²) < 4.78 is 12.8. The zero-order valence-corrected chi connectivity index (χ0v) is 11.4. The van der Waals surface area contributed by atoms with E-state index in [1.54, 1.807) is 42.5 Å². The van der Waals surface area contributed by atoms with Gasteiger partial charge in [0, 0.05) is 6.07 Å². The summed E-state index contributed by atoms with van der Waals surface area (Å²) in [6.07, 6.45) is 3.59. The molecule has 2 aromatic carbocycles. The summed E-state index contributed by atoms with van der Waals surface area (Å²) in [6.45, 7) is 0. The van der Waals surface area contributed by atoms with Gasteiger partial charge in [0.2, 0.25) is 0 Å². The number of non-ortho nitro benzene ring substituents is 1. The minimum absolute atomic E-state index is 0.0408. The number of nitro groups is 1. The maximum absolute atomic E-state index is 12.8. The number of aromatic nitrogens is 1. The fourth-order valence-corrected chi connectivity index (χ4v) is 2.16. The van der Waals surface area contributed by atoms with E-state index >= 15 is 0 Å². The zero-order valence-electron chi connectivity index (χ0n) is 11.4. The van der Waals surface area contributed by atoms with Crippen LogP contribution in [0.25, 0.3) is 23.1 Å². The van der Waals surface area contributed by atoms with Crippen LogP contribution < -0.4 is 0 Å². The van der Waals surface area contributed by atoms with Gasteiger partial charge in [0.25, 0.3) is 5.69 Å². The van der Waals surface area contributed by atoms with Gasteiger partial charge < -0.3 is 0 Å². The van der Waals surface area contributed by atoms with Crippen molar-refractivity contribution in [3.8, 4) is 0 Å². The van der Waals surface area contributed by atoms with Gasteiger partial charge in [0.1, 0.15) is 5.82 Å². The van der Waals surface area contributed by atoms with E-state index in [1.165, 1.54) is 18.2 Å². The topological polar surface area (TPSA) is 56.0 Å². The van der Waals surface area contributed by atoms with Crippen LogP contribution in [0, 0.1) is 15.9 Å². The van der Waals surface area contributed by atoms with Gasteiger partial charge in [-0.25, -0.2) is 9.37 Å².